The van der Waals surface area contributed by atoms with Gasteiger partial charge in [-0.1, -0.05) is 6.42 Å². The predicted octanol–water partition coefficient (Wildman–Crippen LogP) is -1.13. The van der Waals surface area contributed by atoms with Gasteiger partial charge < -0.3 is 27.0 Å². The Kier molecular flexibility index (Phi) is 9.12. The van der Waals surface area contributed by atoms with Crippen LogP contribution in [0.2, 0.25) is 0 Å². The van der Waals surface area contributed by atoms with Crippen molar-refractivity contribution in [1.29, 1.82) is 0 Å². The van der Waals surface area contributed by atoms with Crippen LogP contribution >= 0.6 is 0 Å². The Morgan fingerprint density at radius 2 is 1.88 bits per heavy atom. The highest BCUT2D eigenvalue weighted by Gasteiger charge is 2.17. The fraction of sp³-hybridized carbons (Fsp3) is 0.900. The van der Waals surface area contributed by atoms with Crippen molar-refractivity contribution in [3.05, 3.63) is 0 Å². The molecule has 0 amide bonds. The molecule has 6 heteroatoms. The first-order valence-electron chi connectivity index (χ1n) is 5.66. The second-order valence-corrected chi connectivity index (χ2v) is 3.81. The van der Waals surface area contributed by atoms with Gasteiger partial charge >= 0.3 is 5.97 Å². The second kappa shape index (κ2) is 9.53. The van der Waals surface area contributed by atoms with Gasteiger partial charge in [-0.3, -0.25) is 4.79 Å². The largest absolute Gasteiger partial charge is 0.480 e. The third-order valence-electron chi connectivity index (χ3n) is 2.34. The molecule has 0 fully saturated rings. The molecule has 0 aliphatic rings. The molecule has 2 atom stereocenters. The zero-order valence-corrected chi connectivity index (χ0v) is 9.56. The number of unbranched alkanes of at least 4 members (excludes halogenated alkanes) is 1. The Morgan fingerprint density at radius 3 is 2.38 bits per heavy atom. The Hall–Kier alpha value is -0.690. The first-order chi connectivity index (χ1) is 7.61. The van der Waals surface area contributed by atoms with Gasteiger partial charge in [0.15, 0.2) is 0 Å². The maximum atomic E-state index is 10.9. The Bertz CT molecular complexity index is 190. The summed E-state index contributed by atoms with van der Waals surface area (Å²) in [5.41, 5.74) is 10.6. The van der Waals surface area contributed by atoms with Gasteiger partial charge in [0.25, 0.3) is 0 Å². The third kappa shape index (κ3) is 7.58. The van der Waals surface area contributed by atoms with Crippen LogP contribution in [0.15, 0.2) is 0 Å². The van der Waals surface area contributed by atoms with E-state index in [9.17, 15) is 9.90 Å². The topological polar surface area (TPSA) is 122 Å². The minimum atomic E-state index is -0.892. The molecule has 0 aromatic rings. The molecule has 0 aromatic carbocycles. The summed E-state index contributed by atoms with van der Waals surface area (Å²) in [6.07, 6.45) is 2.01. The molecular weight excluding hydrogens is 210 g/mol. The molecule has 0 rings (SSSR count). The number of rotatable bonds is 10. The van der Waals surface area contributed by atoms with Crippen LogP contribution in [-0.2, 0) is 4.79 Å². The van der Waals surface area contributed by atoms with E-state index in [-0.39, 0.29) is 6.54 Å². The van der Waals surface area contributed by atoms with Crippen LogP contribution in [-0.4, -0.2) is 48.0 Å². The molecule has 16 heavy (non-hydrogen) atoms. The summed E-state index contributed by atoms with van der Waals surface area (Å²) in [5, 5.41) is 21.1. The highest BCUT2D eigenvalue weighted by molar-refractivity contribution is 5.73. The molecule has 0 saturated heterocycles. The average Bonchev–Trinajstić information content (AvgIpc) is 2.23. The van der Waals surface area contributed by atoms with E-state index >= 15 is 0 Å². The van der Waals surface area contributed by atoms with Crippen LogP contribution in [0.3, 0.4) is 0 Å². The fourth-order valence-electron chi connectivity index (χ4n) is 1.38. The maximum Gasteiger partial charge on any atom is 0.320 e. The van der Waals surface area contributed by atoms with Crippen molar-refractivity contribution >= 4 is 5.97 Å². The first kappa shape index (κ1) is 15.3. The van der Waals surface area contributed by atoms with E-state index in [4.69, 9.17) is 16.6 Å². The van der Waals surface area contributed by atoms with Crippen molar-refractivity contribution in [2.45, 2.75) is 37.8 Å². The molecule has 7 N–H and O–H groups in total. The van der Waals surface area contributed by atoms with E-state index in [0.29, 0.717) is 25.9 Å². The quantitative estimate of drug-likeness (QED) is 0.304. The molecule has 0 spiro atoms. The normalized spacial score (nSPS) is 14.7. The van der Waals surface area contributed by atoms with E-state index in [2.05, 4.69) is 5.32 Å². The summed E-state index contributed by atoms with van der Waals surface area (Å²) in [6, 6.07) is -0.612. The molecule has 0 heterocycles. The molecule has 0 saturated carbocycles. The summed E-state index contributed by atoms with van der Waals surface area (Å²) >= 11 is 0. The van der Waals surface area contributed by atoms with Crippen molar-refractivity contribution < 1.29 is 15.0 Å². The Labute approximate surface area is 96.0 Å². The number of nitrogens with two attached hydrogens (primary N) is 2. The van der Waals surface area contributed by atoms with Gasteiger partial charge in [0.1, 0.15) is 6.04 Å². The van der Waals surface area contributed by atoms with Crippen molar-refractivity contribution in [3.8, 4) is 0 Å². The number of carbonyl (C=O) groups is 1. The van der Waals surface area contributed by atoms with E-state index in [1.165, 1.54) is 0 Å². The van der Waals surface area contributed by atoms with Crippen LogP contribution in [0.4, 0.5) is 0 Å². The molecule has 0 aliphatic heterocycles. The third-order valence-corrected chi connectivity index (χ3v) is 2.34. The lowest BCUT2D eigenvalue weighted by Crippen LogP contribution is -2.41. The highest BCUT2D eigenvalue weighted by atomic mass is 16.4. The molecule has 0 bridgehead atoms. The number of aliphatic hydroxyl groups excluding tert-OH is 1. The van der Waals surface area contributed by atoms with E-state index in [1.54, 1.807) is 0 Å². The number of carboxylic acid groups (broad SMARTS) is 1. The smallest absolute Gasteiger partial charge is 0.320 e. The van der Waals surface area contributed by atoms with Gasteiger partial charge in [0.05, 0.1) is 6.10 Å². The highest BCUT2D eigenvalue weighted by Crippen LogP contribution is 2.01. The molecule has 0 aromatic heterocycles. The van der Waals surface area contributed by atoms with Crippen LogP contribution in [0.5, 0.6) is 0 Å². The fourth-order valence-corrected chi connectivity index (χ4v) is 1.38. The molecule has 0 radical (unpaired) electrons. The minimum absolute atomic E-state index is 0.261. The van der Waals surface area contributed by atoms with E-state index < -0.39 is 18.1 Å². The Balaban J connectivity index is 3.80. The molecule has 0 aliphatic carbocycles. The molecule has 0 unspecified atom stereocenters. The first-order valence-corrected chi connectivity index (χ1v) is 5.66. The van der Waals surface area contributed by atoms with Crippen molar-refractivity contribution in [2.24, 2.45) is 11.5 Å². The summed E-state index contributed by atoms with van der Waals surface area (Å²) < 4.78 is 0. The number of aliphatic hydroxyl groups is 1. The van der Waals surface area contributed by atoms with Gasteiger partial charge in [0.2, 0.25) is 0 Å². The van der Waals surface area contributed by atoms with Crippen molar-refractivity contribution in [1.82, 2.24) is 5.32 Å². The standard InChI is InChI=1S/C10H23N3O3/c11-5-2-1-3-9(10(15)16)13-7-8(14)4-6-12/h8-9,13-14H,1-7,11-12H2,(H,15,16)/t8-,9+/m1/s1. The number of hydrogen-bond acceptors (Lipinski definition) is 5. The van der Waals surface area contributed by atoms with Crippen LogP contribution < -0.4 is 16.8 Å². The molecule has 96 valence electrons. The molecular formula is C10H23N3O3. The summed E-state index contributed by atoms with van der Waals surface area (Å²) in [5.74, 6) is -0.892. The van der Waals surface area contributed by atoms with Gasteiger partial charge in [-0.05, 0) is 32.4 Å². The minimum Gasteiger partial charge on any atom is -0.480 e. The molecule has 6 nitrogen and oxygen atoms in total. The summed E-state index contributed by atoms with van der Waals surface area (Å²) in [4.78, 5) is 10.9. The average molecular weight is 233 g/mol. The van der Waals surface area contributed by atoms with Gasteiger partial charge in [-0.2, -0.15) is 0 Å². The maximum absolute atomic E-state index is 10.9. The van der Waals surface area contributed by atoms with Crippen molar-refractivity contribution in [2.75, 3.05) is 19.6 Å². The van der Waals surface area contributed by atoms with Gasteiger partial charge in [0, 0.05) is 6.54 Å². The summed E-state index contributed by atoms with van der Waals surface area (Å²) in [7, 11) is 0. The lowest BCUT2D eigenvalue weighted by atomic mass is 10.1. The Morgan fingerprint density at radius 1 is 1.19 bits per heavy atom. The van der Waals surface area contributed by atoms with Crippen LogP contribution in [0.25, 0.3) is 0 Å². The predicted molar refractivity (Wildman–Crippen MR) is 62.0 cm³/mol. The van der Waals surface area contributed by atoms with E-state index in [1.807, 2.05) is 0 Å². The number of carboxylic acids is 1. The number of aliphatic carboxylic acids is 1. The zero-order chi connectivity index (χ0) is 12.4. The SMILES string of the molecule is NCCCC[C@H](NC[C@H](O)CCN)C(=O)O. The van der Waals surface area contributed by atoms with Gasteiger partial charge in [-0.15, -0.1) is 0 Å². The lowest BCUT2D eigenvalue weighted by Gasteiger charge is -2.16. The number of hydrogen-bond donors (Lipinski definition) is 5. The van der Waals surface area contributed by atoms with Crippen LogP contribution in [0.1, 0.15) is 25.7 Å². The lowest BCUT2D eigenvalue weighted by molar-refractivity contribution is -0.139. The number of nitrogens with one attached hydrogen (secondary N) is 1. The monoisotopic (exact) mass is 233 g/mol. The van der Waals surface area contributed by atoms with Gasteiger partial charge in [-0.25, -0.2) is 0 Å². The second-order valence-electron chi connectivity index (χ2n) is 3.81. The summed E-state index contributed by atoms with van der Waals surface area (Å²) in [6.45, 7) is 1.23. The van der Waals surface area contributed by atoms with Crippen LogP contribution in [0, 0.1) is 0 Å². The van der Waals surface area contributed by atoms with E-state index in [0.717, 1.165) is 12.8 Å². The van der Waals surface area contributed by atoms with Crippen molar-refractivity contribution in [3.63, 3.8) is 0 Å². The zero-order valence-electron chi connectivity index (χ0n) is 9.56.